The second-order valence-corrected chi connectivity index (χ2v) is 10.2. The standard InChI is InChI=1S/C17H29S.C3H8O3S/c1-3-5-7-11-15-18(14-6-4-2)16-17-12-9-8-10-13-17;1-2-3-7(4,5)6/h8-10,12-13H,3-7,11,14-16H2,1-2H3;2-3H2,1H3,(H,4,5,6)/q+1;/p-1. The molecule has 0 aliphatic heterocycles. The van der Waals surface area contributed by atoms with Gasteiger partial charge in [-0.3, -0.25) is 0 Å². The molecule has 0 saturated carbocycles. The Morgan fingerprint density at radius 2 is 1.44 bits per heavy atom. The third kappa shape index (κ3) is 16.7. The topological polar surface area (TPSA) is 57.2 Å². The number of benzene rings is 1. The van der Waals surface area contributed by atoms with Crippen LogP contribution in [0.25, 0.3) is 0 Å². The van der Waals surface area contributed by atoms with E-state index in [2.05, 4.69) is 44.2 Å². The first-order chi connectivity index (χ1) is 11.9. The number of hydrogen-bond donors (Lipinski definition) is 0. The van der Waals surface area contributed by atoms with Crippen LogP contribution in [-0.2, 0) is 26.8 Å². The smallest absolute Gasteiger partial charge is 0.133 e. The highest BCUT2D eigenvalue weighted by atomic mass is 32.2. The van der Waals surface area contributed by atoms with Crippen molar-refractivity contribution in [3.05, 3.63) is 35.9 Å². The summed E-state index contributed by atoms with van der Waals surface area (Å²) in [4.78, 5) is 0. The molecule has 146 valence electrons. The van der Waals surface area contributed by atoms with Gasteiger partial charge in [-0.1, -0.05) is 70.4 Å². The van der Waals surface area contributed by atoms with Gasteiger partial charge in [-0.05, 0) is 36.6 Å². The molecule has 0 aromatic heterocycles. The molecule has 1 rings (SSSR count). The molecule has 0 heterocycles. The van der Waals surface area contributed by atoms with Gasteiger partial charge in [-0.25, -0.2) is 8.42 Å². The third-order valence-electron chi connectivity index (χ3n) is 3.74. The van der Waals surface area contributed by atoms with Gasteiger partial charge in [0.25, 0.3) is 0 Å². The first-order valence-electron chi connectivity index (χ1n) is 9.54. The van der Waals surface area contributed by atoms with Crippen LogP contribution in [0.4, 0.5) is 0 Å². The predicted molar refractivity (Wildman–Crippen MR) is 111 cm³/mol. The normalized spacial score (nSPS) is 12.3. The summed E-state index contributed by atoms with van der Waals surface area (Å²) >= 11 is 0. The summed E-state index contributed by atoms with van der Waals surface area (Å²) in [7, 11) is -3.30. The highest BCUT2D eigenvalue weighted by Crippen LogP contribution is 2.14. The molecule has 5 heteroatoms. The van der Waals surface area contributed by atoms with E-state index in [4.69, 9.17) is 0 Å². The summed E-state index contributed by atoms with van der Waals surface area (Å²) in [6.07, 6.45) is 8.79. The molecule has 0 bridgehead atoms. The van der Waals surface area contributed by atoms with Crippen molar-refractivity contribution in [2.45, 2.75) is 71.5 Å². The lowest BCUT2D eigenvalue weighted by molar-refractivity contribution is 0.462. The Labute approximate surface area is 158 Å². The van der Waals surface area contributed by atoms with E-state index in [1.165, 1.54) is 61.3 Å². The van der Waals surface area contributed by atoms with Crippen molar-refractivity contribution in [2.75, 3.05) is 17.3 Å². The van der Waals surface area contributed by atoms with Crippen LogP contribution in [0.3, 0.4) is 0 Å². The third-order valence-corrected chi connectivity index (χ3v) is 7.12. The lowest BCUT2D eigenvalue weighted by Crippen LogP contribution is -2.15. The highest BCUT2D eigenvalue weighted by molar-refractivity contribution is 7.96. The molecular weight excluding hydrogens is 352 g/mol. The molecule has 0 spiro atoms. The lowest BCUT2D eigenvalue weighted by Gasteiger charge is -2.09. The first-order valence-corrected chi connectivity index (χ1v) is 12.8. The molecule has 1 atom stereocenters. The molecule has 0 fully saturated rings. The van der Waals surface area contributed by atoms with Crippen molar-refractivity contribution in [3.8, 4) is 0 Å². The molecule has 25 heavy (non-hydrogen) atoms. The van der Waals surface area contributed by atoms with E-state index < -0.39 is 10.1 Å². The summed E-state index contributed by atoms with van der Waals surface area (Å²) in [6.45, 7) is 6.25. The molecule has 0 N–H and O–H groups in total. The molecule has 1 aromatic rings. The van der Waals surface area contributed by atoms with Crippen LogP contribution in [0, 0.1) is 0 Å². The lowest BCUT2D eigenvalue weighted by atomic mass is 10.2. The van der Waals surface area contributed by atoms with Gasteiger partial charge in [0.05, 0.1) is 10.1 Å². The van der Waals surface area contributed by atoms with Gasteiger partial charge in [0, 0.05) is 11.3 Å². The maximum Gasteiger partial charge on any atom is 0.133 e. The Morgan fingerprint density at radius 1 is 0.840 bits per heavy atom. The summed E-state index contributed by atoms with van der Waals surface area (Å²) in [6, 6.07) is 11.0. The average Bonchev–Trinajstić information content (AvgIpc) is 2.57. The van der Waals surface area contributed by atoms with Crippen molar-refractivity contribution in [2.24, 2.45) is 0 Å². The molecule has 0 saturated heterocycles. The van der Waals surface area contributed by atoms with Gasteiger partial charge in [-0.2, -0.15) is 0 Å². The molecule has 0 aliphatic carbocycles. The second kappa shape index (κ2) is 15.7. The maximum absolute atomic E-state index is 9.68. The van der Waals surface area contributed by atoms with Gasteiger partial charge < -0.3 is 4.55 Å². The molecule has 0 radical (unpaired) electrons. The van der Waals surface area contributed by atoms with E-state index in [1.807, 2.05) is 0 Å². The van der Waals surface area contributed by atoms with Gasteiger partial charge in [0.2, 0.25) is 0 Å². The largest absolute Gasteiger partial charge is 0.748 e. The van der Waals surface area contributed by atoms with Gasteiger partial charge in [-0.15, -0.1) is 0 Å². The highest BCUT2D eigenvalue weighted by Gasteiger charge is 2.17. The van der Waals surface area contributed by atoms with E-state index >= 15 is 0 Å². The fourth-order valence-corrected chi connectivity index (χ4v) is 5.35. The van der Waals surface area contributed by atoms with Crippen LogP contribution in [0.15, 0.2) is 30.3 Å². The minimum absolute atomic E-state index is 0.243. The average molecular weight is 389 g/mol. The van der Waals surface area contributed by atoms with Gasteiger partial charge >= 0.3 is 0 Å². The zero-order chi connectivity index (χ0) is 19.0. The van der Waals surface area contributed by atoms with Crippen LogP contribution in [0.5, 0.6) is 0 Å². The fraction of sp³-hybridized carbons (Fsp3) is 0.700. The quantitative estimate of drug-likeness (QED) is 0.283. The molecule has 1 unspecified atom stereocenters. The Kier molecular flexibility index (Phi) is 15.4. The minimum atomic E-state index is -3.92. The number of hydrogen-bond acceptors (Lipinski definition) is 3. The van der Waals surface area contributed by atoms with Crippen molar-refractivity contribution in [1.29, 1.82) is 0 Å². The van der Waals surface area contributed by atoms with Crippen molar-refractivity contribution < 1.29 is 13.0 Å². The van der Waals surface area contributed by atoms with E-state index in [0.717, 1.165) is 0 Å². The zero-order valence-corrected chi connectivity index (χ0v) is 17.8. The van der Waals surface area contributed by atoms with Crippen LogP contribution in [-0.4, -0.2) is 30.2 Å². The van der Waals surface area contributed by atoms with E-state index in [-0.39, 0.29) is 5.75 Å². The second-order valence-electron chi connectivity index (χ2n) is 6.33. The van der Waals surface area contributed by atoms with Crippen molar-refractivity contribution >= 4 is 21.0 Å². The van der Waals surface area contributed by atoms with Crippen LogP contribution in [0.1, 0.15) is 71.3 Å². The Hall–Kier alpha value is -0.520. The van der Waals surface area contributed by atoms with Gasteiger partial charge in [0.1, 0.15) is 17.3 Å². The molecule has 3 nitrogen and oxygen atoms in total. The predicted octanol–water partition coefficient (Wildman–Crippen LogP) is 5.13. The molecule has 0 amide bonds. The van der Waals surface area contributed by atoms with Crippen molar-refractivity contribution in [3.63, 3.8) is 0 Å². The SMILES string of the molecule is CCCCCC[S+](CCCC)Cc1ccccc1.CCCS(=O)(=O)[O-]. The number of unbranched alkanes of at least 4 members (excludes halogenated alkanes) is 4. The van der Waals surface area contributed by atoms with Gasteiger partial charge in [0.15, 0.2) is 0 Å². The molecule has 0 aliphatic rings. The maximum atomic E-state index is 9.68. The molecular formula is C20H36O3S2. The van der Waals surface area contributed by atoms with Crippen molar-refractivity contribution in [1.82, 2.24) is 0 Å². The van der Waals surface area contributed by atoms with Crippen LogP contribution < -0.4 is 0 Å². The minimum Gasteiger partial charge on any atom is -0.748 e. The van der Waals surface area contributed by atoms with E-state index in [0.29, 0.717) is 17.3 Å². The van der Waals surface area contributed by atoms with Crippen LogP contribution in [0.2, 0.25) is 0 Å². The van der Waals surface area contributed by atoms with E-state index in [9.17, 15) is 13.0 Å². The fourth-order valence-electron chi connectivity index (χ4n) is 2.39. The number of rotatable bonds is 12. The molecule has 1 aromatic carbocycles. The summed E-state index contributed by atoms with van der Waals surface area (Å²) < 4.78 is 29.0. The van der Waals surface area contributed by atoms with E-state index in [1.54, 1.807) is 6.92 Å². The summed E-state index contributed by atoms with van der Waals surface area (Å²) in [5.41, 5.74) is 1.53. The zero-order valence-electron chi connectivity index (χ0n) is 16.2. The van der Waals surface area contributed by atoms with Crippen LogP contribution >= 0.6 is 0 Å². The summed E-state index contributed by atoms with van der Waals surface area (Å²) in [5, 5.41) is 0. The Bertz CT molecular complexity index is 501. The monoisotopic (exact) mass is 388 g/mol. The Balaban J connectivity index is 0.000000697. The first kappa shape index (κ1) is 24.5. The summed E-state index contributed by atoms with van der Waals surface area (Å²) in [5.74, 6) is 3.96. The Morgan fingerprint density at radius 3 is 1.92 bits per heavy atom.